The Labute approximate surface area is 187 Å². The van der Waals surface area contributed by atoms with E-state index in [4.69, 9.17) is 4.74 Å². The molecular weight excluding hydrogens is 444 g/mol. The fourth-order valence-electron chi connectivity index (χ4n) is 3.07. The van der Waals surface area contributed by atoms with Gasteiger partial charge in [0, 0.05) is 11.3 Å². The molecule has 2 aromatic heterocycles. The van der Waals surface area contributed by atoms with E-state index in [2.05, 4.69) is 20.8 Å². The Kier molecular flexibility index (Phi) is 8.23. The normalized spacial score (nSPS) is 13.3. The van der Waals surface area contributed by atoms with E-state index < -0.39 is 0 Å². The number of thiophene rings is 1. The highest BCUT2D eigenvalue weighted by Crippen LogP contribution is 2.38. The smallest absolute Gasteiger partial charge is 0.341 e. The highest BCUT2D eigenvalue weighted by atomic mass is 32.2. The van der Waals surface area contributed by atoms with Crippen LogP contribution in [0.25, 0.3) is 0 Å². The van der Waals surface area contributed by atoms with Crippen LogP contribution in [0.4, 0.5) is 10.1 Å². The zero-order valence-corrected chi connectivity index (χ0v) is 19.4. The van der Waals surface area contributed by atoms with Crippen molar-refractivity contribution in [2.24, 2.45) is 0 Å². The molecule has 8 nitrogen and oxygen atoms in total. The highest BCUT2D eigenvalue weighted by molar-refractivity contribution is 8.01. The summed E-state index contributed by atoms with van der Waals surface area (Å²) in [7, 11) is 0. The number of nitrogens with zero attached hydrogens (tertiary/aromatic N) is 2. The van der Waals surface area contributed by atoms with E-state index in [-0.39, 0.29) is 23.5 Å². The van der Waals surface area contributed by atoms with Crippen molar-refractivity contribution < 1.29 is 19.1 Å². The van der Waals surface area contributed by atoms with Gasteiger partial charge in [-0.05, 0) is 38.2 Å². The first kappa shape index (κ1) is 22.7. The molecule has 3 rings (SSSR count). The second kappa shape index (κ2) is 10.9. The third-order valence-electron chi connectivity index (χ3n) is 4.45. The fourth-order valence-corrected chi connectivity index (χ4v) is 5.93. The first-order valence-corrected chi connectivity index (χ1v) is 12.5. The van der Waals surface area contributed by atoms with Crippen molar-refractivity contribution in [3.05, 3.63) is 16.0 Å². The molecule has 1 aliphatic rings. The van der Waals surface area contributed by atoms with Gasteiger partial charge in [0.2, 0.25) is 16.9 Å². The van der Waals surface area contributed by atoms with Crippen LogP contribution in [0.15, 0.2) is 4.34 Å². The topological polar surface area (TPSA) is 110 Å². The number of aromatic nitrogens is 2. The van der Waals surface area contributed by atoms with Crippen molar-refractivity contribution in [3.8, 4) is 0 Å². The van der Waals surface area contributed by atoms with Crippen molar-refractivity contribution in [3.63, 3.8) is 0 Å². The molecule has 30 heavy (non-hydrogen) atoms. The minimum atomic E-state index is -0.375. The molecule has 2 N–H and O–H groups in total. The SMILES string of the molecule is CCOC(=O)c1c(NC(=O)CSc2nnc(NC(=O)CC)s2)sc2c1CCCCC2. The van der Waals surface area contributed by atoms with Crippen molar-refractivity contribution in [1.29, 1.82) is 0 Å². The number of aryl methyl sites for hydroxylation is 1. The van der Waals surface area contributed by atoms with E-state index >= 15 is 0 Å². The number of carbonyl (C=O) groups is 3. The van der Waals surface area contributed by atoms with Gasteiger partial charge in [-0.25, -0.2) is 4.79 Å². The van der Waals surface area contributed by atoms with E-state index in [0.29, 0.717) is 33.1 Å². The number of hydrogen-bond donors (Lipinski definition) is 2. The predicted molar refractivity (Wildman–Crippen MR) is 120 cm³/mol. The highest BCUT2D eigenvalue weighted by Gasteiger charge is 2.26. The van der Waals surface area contributed by atoms with Crippen molar-refractivity contribution >= 4 is 62.4 Å². The van der Waals surface area contributed by atoms with E-state index in [1.807, 2.05) is 0 Å². The van der Waals surface area contributed by atoms with Crippen LogP contribution in [0.3, 0.4) is 0 Å². The average Bonchev–Trinajstić information content (AvgIpc) is 3.23. The van der Waals surface area contributed by atoms with Crippen molar-refractivity contribution in [2.75, 3.05) is 23.0 Å². The average molecular weight is 469 g/mol. The fraction of sp³-hybridized carbons (Fsp3) is 0.526. The maximum atomic E-state index is 12.6. The van der Waals surface area contributed by atoms with Gasteiger partial charge in [-0.3, -0.25) is 9.59 Å². The second-order valence-corrected chi connectivity index (χ2v) is 9.91. The zero-order chi connectivity index (χ0) is 21.5. The molecule has 11 heteroatoms. The largest absolute Gasteiger partial charge is 0.462 e. The lowest BCUT2D eigenvalue weighted by atomic mass is 10.1. The van der Waals surface area contributed by atoms with Crippen LogP contribution < -0.4 is 10.6 Å². The molecule has 162 valence electrons. The summed E-state index contributed by atoms with van der Waals surface area (Å²) in [4.78, 5) is 37.7. The van der Waals surface area contributed by atoms with Gasteiger partial charge in [-0.1, -0.05) is 36.4 Å². The third kappa shape index (κ3) is 5.79. The lowest BCUT2D eigenvalue weighted by Gasteiger charge is -2.08. The Morgan fingerprint density at radius 3 is 2.60 bits per heavy atom. The lowest BCUT2D eigenvalue weighted by Crippen LogP contribution is -2.16. The van der Waals surface area contributed by atoms with Crippen LogP contribution in [0.5, 0.6) is 0 Å². The first-order chi connectivity index (χ1) is 14.5. The Hall–Kier alpha value is -1.98. The summed E-state index contributed by atoms with van der Waals surface area (Å²) in [6.07, 6.45) is 5.39. The monoisotopic (exact) mass is 468 g/mol. The number of anilines is 2. The third-order valence-corrected chi connectivity index (χ3v) is 7.63. The number of hydrogen-bond acceptors (Lipinski definition) is 9. The van der Waals surface area contributed by atoms with Crippen LogP contribution in [-0.2, 0) is 27.2 Å². The van der Waals surface area contributed by atoms with E-state index in [0.717, 1.165) is 37.7 Å². The lowest BCUT2D eigenvalue weighted by molar-refractivity contribution is -0.116. The quantitative estimate of drug-likeness (QED) is 0.259. The van der Waals surface area contributed by atoms with Gasteiger partial charge in [-0.15, -0.1) is 21.5 Å². The summed E-state index contributed by atoms with van der Waals surface area (Å²) in [5.41, 5.74) is 1.54. The number of amides is 2. The standard InChI is InChI=1S/C19H24N4O4S3/c1-3-13(24)21-18-22-23-19(30-18)28-10-14(25)20-16-15(17(26)27-4-2)11-8-6-5-7-9-12(11)29-16/h3-10H2,1-2H3,(H,20,25)(H,21,22,24). The molecule has 0 fully saturated rings. The van der Waals surface area contributed by atoms with Crippen LogP contribution in [0, 0.1) is 0 Å². The molecule has 0 aliphatic heterocycles. The Morgan fingerprint density at radius 2 is 1.83 bits per heavy atom. The van der Waals surface area contributed by atoms with Crippen LogP contribution >= 0.6 is 34.4 Å². The molecule has 0 bridgehead atoms. The zero-order valence-electron chi connectivity index (χ0n) is 16.9. The Morgan fingerprint density at radius 1 is 1.03 bits per heavy atom. The molecule has 2 heterocycles. The van der Waals surface area contributed by atoms with Gasteiger partial charge in [0.1, 0.15) is 5.00 Å². The van der Waals surface area contributed by atoms with Crippen molar-refractivity contribution in [2.45, 2.75) is 56.7 Å². The van der Waals surface area contributed by atoms with E-state index in [1.54, 1.807) is 13.8 Å². The summed E-state index contributed by atoms with van der Waals surface area (Å²) in [6.45, 7) is 3.82. The minimum absolute atomic E-state index is 0.126. The number of fused-ring (bicyclic) bond motifs is 1. The van der Waals surface area contributed by atoms with Crippen LogP contribution in [0.1, 0.15) is 60.3 Å². The first-order valence-electron chi connectivity index (χ1n) is 9.89. The number of thioether (sulfide) groups is 1. The molecule has 0 aromatic carbocycles. The van der Waals surface area contributed by atoms with Gasteiger partial charge in [-0.2, -0.15) is 0 Å². The molecule has 0 radical (unpaired) electrons. The molecule has 0 spiro atoms. The maximum Gasteiger partial charge on any atom is 0.341 e. The summed E-state index contributed by atoms with van der Waals surface area (Å²) < 4.78 is 5.84. The molecule has 1 aliphatic carbocycles. The van der Waals surface area contributed by atoms with E-state index in [1.165, 1.54) is 39.3 Å². The Balaban J connectivity index is 1.66. The summed E-state index contributed by atoms with van der Waals surface area (Å²) in [5.74, 6) is -0.609. The number of nitrogens with one attached hydrogen (secondary N) is 2. The maximum absolute atomic E-state index is 12.6. The van der Waals surface area contributed by atoms with Crippen LogP contribution in [-0.4, -0.2) is 40.3 Å². The van der Waals surface area contributed by atoms with Gasteiger partial charge in [0.15, 0.2) is 4.34 Å². The second-order valence-electron chi connectivity index (χ2n) is 6.60. The summed E-state index contributed by atoms with van der Waals surface area (Å²) >= 11 is 3.94. The number of rotatable bonds is 8. The molecule has 2 amide bonds. The predicted octanol–water partition coefficient (Wildman–Crippen LogP) is 4.12. The molecule has 0 unspecified atom stereocenters. The molecule has 0 atom stereocenters. The Bertz CT molecular complexity index is 925. The minimum Gasteiger partial charge on any atom is -0.462 e. The van der Waals surface area contributed by atoms with Gasteiger partial charge in [0.05, 0.1) is 17.9 Å². The van der Waals surface area contributed by atoms with Gasteiger partial charge < -0.3 is 15.4 Å². The van der Waals surface area contributed by atoms with Gasteiger partial charge in [0.25, 0.3) is 0 Å². The summed E-state index contributed by atoms with van der Waals surface area (Å²) in [5, 5.41) is 14.4. The van der Waals surface area contributed by atoms with Crippen LogP contribution in [0.2, 0.25) is 0 Å². The number of esters is 1. The molecule has 0 saturated carbocycles. The summed E-state index contributed by atoms with van der Waals surface area (Å²) in [6, 6.07) is 0. The molecule has 0 saturated heterocycles. The number of ether oxygens (including phenoxy) is 1. The van der Waals surface area contributed by atoms with Crippen molar-refractivity contribution in [1.82, 2.24) is 10.2 Å². The molecule has 2 aromatic rings. The van der Waals surface area contributed by atoms with Gasteiger partial charge >= 0.3 is 5.97 Å². The van der Waals surface area contributed by atoms with E-state index in [9.17, 15) is 14.4 Å². The molecular formula is C19H24N4O4S3. The number of carbonyl (C=O) groups excluding carboxylic acids is 3.